The Kier molecular flexibility index (Phi) is 9.49. The third-order valence-corrected chi connectivity index (χ3v) is 10.7. The number of rotatable bonds is 8. The number of sulfonamides is 2. The fraction of sp³-hybridized carbons (Fsp3) is 0.680. The summed E-state index contributed by atoms with van der Waals surface area (Å²) in [6.45, 7) is 10.6. The van der Waals surface area contributed by atoms with Crippen molar-refractivity contribution in [1.29, 1.82) is 0 Å². The summed E-state index contributed by atoms with van der Waals surface area (Å²) in [6, 6.07) is 5.01. The predicted molar refractivity (Wildman–Crippen MR) is 142 cm³/mol. The molecule has 11 nitrogen and oxygen atoms in total. The van der Waals surface area contributed by atoms with E-state index in [1.54, 1.807) is 39.5 Å². The molecule has 13 heteroatoms. The predicted octanol–water partition coefficient (Wildman–Crippen LogP) is 2.24. The minimum atomic E-state index is -3.91. The molecule has 1 N–H and O–H groups in total. The molecule has 38 heavy (non-hydrogen) atoms. The van der Waals surface area contributed by atoms with Crippen molar-refractivity contribution in [2.45, 2.75) is 75.3 Å². The number of hydrogen-bond acceptors (Lipinski definition) is 7. The molecule has 2 heterocycles. The Morgan fingerprint density at radius 1 is 0.974 bits per heavy atom. The molecule has 0 aromatic heterocycles. The van der Waals surface area contributed by atoms with Crippen molar-refractivity contribution in [2.75, 3.05) is 39.3 Å². The number of carbonyl (C=O) groups excluding carboxylic acids is 2. The maximum absolute atomic E-state index is 13.3. The van der Waals surface area contributed by atoms with E-state index in [0.29, 0.717) is 45.4 Å². The van der Waals surface area contributed by atoms with Crippen LogP contribution in [-0.4, -0.2) is 93.3 Å². The average molecular weight is 573 g/mol. The molecule has 1 aromatic carbocycles. The van der Waals surface area contributed by atoms with E-state index in [1.165, 1.54) is 32.9 Å². The van der Waals surface area contributed by atoms with Gasteiger partial charge in [0.15, 0.2) is 0 Å². The third kappa shape index (κ3) is 7.04. The second-order valence-corrected chi connectivity index (χ2v) is 14.6. The second-order valence-electron chi connectivity index (χ2n) is 10.7. The Morgan fingerprint density at radius 2 is 1.58 bits per heavy atom. The molecule has 2 fully saturated rings. The Bertz CT molecular complexity index is 1210. The highest BCUT2D eigenvalue weighted by atomic mass is 32.2. The molecule has 0 saturated carbocycles. The molecule has 2 aliphatic rings. The molecule has 0 aliphatic carbocycles. The van der Waals surface area contributed by atoms with Crippen molar-refractivity contribution in [2.24, 2.45) is 5.92 Å². The monoisotopic (exact) mass is 572 g/mol. The summed E-state index contributed by atoms with van der Waals surface area (Å²) in [7, 11) is -7.61. The summed E-state index contributed by atoms with van der Waals surface area (Å²) in [6.07, 6.45) is 1.27. The van der Waals surface area contributed by atoms with E-state index in [1.807, 2.05) is 0 Å². The summed E-state index contributed by atoms with van der Waals surface area (Å²) in [5, 5.41) is 2.97. The standard InChI is InChI=1S/C25H40N4O7S2/c1-6-28(7-2)37(32,33)21-10-12-22(13-11-21)38(34,35)29-15-8-9-19(17-29)23(30)26-20-14-16-27(18-20)24(31)36-25(3,4)5/h10-13,19-20H,6-9,14-18H2,1-5H3,(H,26,30)/t19-,20-/m1/s1. The minimum Gasteiger partial charge on any atom is -0.444 e. The van der Waals surface area contributed by atoms with Gasteiger partial charge >= 0.3 is 6.09 Å². The molecule has 1 aromatic rings. The molecule has 2 aliphatic heterocycles. The second kappa shape index (κ2) is 11.9. The van der Waals surface area contributed by atoms with Gasteiger partial charge in [0.25, 0.3) is 0 Å². The van der Waals surface area contributed by atoms with Crippen LogP contribution in [0.25, 0.3) is 0 Å². The lowest BCUT2D eigenvalue weighted by atomic mass is 9.98. The Hall–Kier alpha value is -2.22. The van der Waals surface area contributed by atoms with Gasteiger partial charge in [-0.05, 0) is 64.3 Å². The van der Waals surface area contributed by atoms with Gasteiger partial charge in [-0.3, -0.25) is 4.79 Å². The van der Waals surface area contributed by atoms with E-state index in [9.17, 15) is 26.4 Å². The molecule has 0 unspecified atom stereocenters. The molecule has 2 atom stereocenters. The van der Waals surface area contributed by atoms with E-state index in [4.69, 9.17) is 4.74 Å². The first-order valence-corrected chi connectivity index (χ1v) is 16.0. The largest absolute Gasteiger partial charge is 0.444 e. The van der Waals surface area contributed by atoms with Gasteiger partial charge in [-0.15, -0.1) is 0 Å². The van der Waals surface area contributed by atoms with E-state index in [-0.39, 0.29) is 34.8 Å². The zero-order valence-electron chi connectivity index (χ0n) is 22.8. The quantitative estimate of drug-likeness (QED) is 0.505. The molecule has 214 valence electrons. The van der Waals surface area contributed by atoms with E-state index >= 15 is 0 Å². The topological polar surface area (TPSA) is 133 Å². The maximum Gasteiger partial charge on any atom is 0.410 e. The van der Waals surface area contributed by atoms with E-state index < -0.39 is 37.7 Å². The smallest absolute Gasteiger partial charge is 0.410 e. The molecular weight excluding hydrogens is 532 g/mol. The average Bonchev–Trinajstić information content (AvgIpc) is 3.32. The van der Waals surface area contributed by atoms with Gasteiger partial charge in [0.2, 0.25) is 26.0 Å². The molecule has 0 spiro atoms. The number of benzene rings is 1. The summed E-state index contributed by atoms with van der Waals surface area (Å²) in [5.74, 6) is -0.752. The Labute approximate surface area is 226 Å². The number of amides is 2. The van der Waals surface area contributed by atoms with Crippen molar-refractivity contribution in [3.05, 3.63) is 24.3 Å². The molecular formula is C25H40N4O7S2. The summed E-state index contributed by atoms with van der Waals surface area (Å²) >= 11 is 0. The zero-order chi connectivity index (χ0) is 28.3. The van der Waals surface area contributed by atoms with Gasteiger partial charge in [0.05, 0.1) is 15.7 Å². The van der Waals surface area contributed by atoms with Crippen molar-refractivity contribution < 1.29 is 31.2 Å². The first kappa shape index (κ1) is 30.3. The van der Waals surface area contributed by atoms with Crippen LogP contribution in [0.2, 0.25) is 0 Å². The van der Waals surface area contributed by atoms with Gasteiger partial charge in [-0.2, -0.15) is 8.61 Å². The fourth-order valence-electron chi connectivity index (χ4n) is 4.71. The minimum absolute atomic E-state index is 0.0131. The molecule has 0 radical (unpaired) electrons. The normalized spacial score (nSPS) is 21.5. The van der Waals surface area contributed by atoms with Gasteiger partial charge in [0.1, 0.15) is 5.60 Å². The molecule has 2 saturated heterocycles. The van der Waals surface area contributed by atoms with Crippen molar-refractivity contribution in [1.82, 2.24) is 18.8 Å². The third-order valence-electron chi connectivity index (χ3n) is 6.75. The van der Waals surface area contributed by atoms with Crippen molar-refractivity contribution in [3.63, 3.8) is 0 Å². The number of ether oxygens (including phenoxy) is 1. The number of hydrogen-bond donors (Lipinski definition) is 1. The highest BCUT2D eigenvalue weighted by Gasteiger charge is 2.36. The zero-order valence-corrected chi connectivity index (χ0v) is 24.5. The molecule has 2 amide bonds. The Morgan fingerprint density at radius 3 is 2.16 bits per heavy atom. The number of piperidine rings is 1. The van der Waals surface area contributed by atoms with Crippen LogP contribution in [-0.2, 0) is 29.6 Å². The lowest BCUT2D eigenvalue weighted by Gasteiger charge is -2.32. The van der Waals surface area contributed by atoms with Crippen molar-refractivity contribution in [3.8, 4) is 0 Å². The summed E-state index contributed by atoms with van der Waals surface area (Å²) < 4.78 is 60.1. The number of carbonyl (C=O) groups is 2. The van der Waals surface area contributed by atoms with Crippen LogP contribution in [0.3, 0.4) is 0 Å². The van der Waals surface area contributed by atoms with Crippen LogP contribution in [0.5, 0.6) is 0 Å². The fourth-order valence-corrected chi connectivity index (χ4v) is 7.69. The maximum atomic E-state index is 13.3. The van der Waals surface area contributed by atoms with Gasteiger partial charge in [-0.1, -0.05) is 13.8 Å². The SMILES string of the molecule is CCN(CC)S(=O)(=O)c1ccc(S(=O)(=O)N2CCC[C@@H](C(=O)N[C@@H]3CCN(C(=O)OC(C)(C)C)C3)C2)cc1. The van der Waals surface area contributed by atoms with E-state index in [0.717, 1.165) is 0 Å². The number of nitrogens with zero attached hydrogens (tertiary/aromatic N) is 3. The Balaban J connectivity index is 1.62. The lowest BCUT2D eigenvalue weighted by Crippen LogP contribution is -2.48. The first-order chi connectivity index (χ1) is 17.7. The van der Waals surface area contributed by atoms with Crippen molar-refractivity contribution >= 4 is 32.0 Å². The highest BCUT2D eigenvalue weighted by molar-refractivity contribution is 7.89. The van der Waals surface area contributed by atoms with Gasteiger partial charge in [-0.25, -0.2) is 21.6 Å². The lowest BCUT2D eigenvalue weighted by molar-refractivity contribution is -0.126. The summed E-state index contributed by atoms with van der Waals surface area (Å²) in [4.78, 5) is 26.9. The molecule has 3 rings (SSSR count). The van der Waals surface area contributed by atoms with Crippen LogP contribution in [0, 0.1) is 5.92 Å². The number of nitrogens with one attached hydrogen (secondary N) is 1. The first-order valence-electron chi connectivity index (χ1n) is 13.1. The van der Waals surface area contributed by atoms with E-state index in [2.05, 4.69) is 5.32 Å². The van der Waals surface area contributed by atoms with Crippen LogP contribution >= 0.6 is 0 Å². The highest BCUT2D eigenvalue weighted by Crippen LogP contribution is 2.26. The van der Waals surface area contributed by atoms with Crippen LogP contribution in [0.1, 0.15) is 53.9 Å². The molecule has 0 bridgehead atoms. The van der Waals surface area contributed by atoms with Crippen LogP contribution < -0.4 is 5.32 Å². The number of likely N-dealkylation sites (tertiary alicyclic amines) is 1. The van der Waals surface area contributed by atoms with Crippen LogP contribution in [0.4, 0.5) is 4.79 Å². The van der Waals surface area contributed by atoms with Gasteiger partial charge < -0.3 is 15.0 Å². The van der Waals surface area contributed by atoms with Gasteiger partial charge in [0, 0.05) is 45.3 Å². The van der Waals surface area contributed by atoms with Crippen LogP contribution in [0.15, 0.2) is 34.1 Å². The summed E-state index contributed by atoms with van der Waals surface area (Å²) in [5.41, 5.74) is -0.602.